The van der Waals surface area contributed by atoms with Crippen LogP contribution in [0.15, 0.2) is 78.9 Å². The van der Waals surface area contributed by atoms with Crippen LogP contribution in [0.3, 0.4) is 0 Å². The molecule has 1 amide bonds. The van der Waals surface area contributed by atoms with Gasteiger partial charge in [0, 0.05) is 21.7 Å². The Hall–Kier alpha value is -3.37. The summed E-state index contributed by atoms with van der Waals surface area (Å²) in [6.45, 7) is 0. The molecule has 0 saturated heterocycles. The Morgan fingerprint density at radius 2 is 1.68 bits per heavy atom. The van der Waals surface area contributed by atoms with Crippen LogP contribution in [0.2, 0.25) is 5.02 Å². The van der Waals surface area contributed by atoms with Gasteiger partial charge in [-0.15, -0.1) is 0 Å². The predicted molar refractivity (Wildman–Crippen MR) is 113 cm³/mol. The zero-order valence-electron chi connectivity index (χ0n) is 15.1. The van der Waals surface area contributed by atoms with Crippen molar-refractivity contribution in [2.75, 3.05) is 12.4 Å². The van der Waals surface area contributed by atoms with Crippen LogP contribution >= 0.6 is 11.6 Å². The fourth-order valence-corrected chi connectivity index (χ4v) is 3.13. The van der Waals surface area contributed by atoms with Crippen molar-refractivity contribution in [3.05, 3.63) is 89.4 Å². The van der Waals surface area contributed by atoms with E-state index in [4.69, 9.17) is 21.3 Å². The number of benzene rings is 3. The summed E-state index contributed by atoms with van der Waals surface area (Å²) in [4.78, 5) is 17.7. The molecule has 0 aliphatic heterocycles. The number of anilines is 1. The number of nitrogens with one attached hydrogen (secondary N) is 1. The molecule has 0 aliphatic rings. The maximum absolute atomic E-state index is 13.0. The molecule has 0 saturated carbocycles. The van der Waals surface area contributed by atoms with Crippen molar-refractivity contribution in [3.63, 3.8) is 0 Å². The first kappa shape index (κ1) is 18.0. The van der Waals surface area contributed by atoms with Gasteiger partial charge in [-0.2, -0.15) is 0 Å². The normalized spacial score (nSPS) is 10.6. The summed E-state index contributed by atoms with van der Waals surface area (Å²) in [6, 6.07) is 24.1. The maximum atomic E-state index is 13.0. The SMILES string of the molecule is COc1ccc(-c2cc(C(=O)Nc3ccc(Cl)cc3)c3ccccc3n2)cc1. The molecule has 0 atom stereocenters. The molecule has 4 rings (SSSR count). The number of carbonyl (C=O) groups is 1. The molecule has 28 heavy (non-hydrogen) atoms. The lowest BCUT2D eigenvalue weighted by atomic mass is 10.0. The van der Waals surface area contributed by atoms with Gasteiger partial charge in [-0.05, 0) is 60.7 Å². The highest BCUT2D eigenvalue weighted by Gasteiger charge is 2.14. The molecule has 138 valence electrons. The van der Waals surface area contributed by atoms with Gasteiger partial charge < -0.3 is 10.1 Å². The molecule has 0 aliphatic carbocycles. The zero-order chi connectivity index (χ0) is 19.5. The number of nitrogens with zero attached hydrogens (tertiary/aromatic N) is 1. The number of amides is 1. The van der Waals surface area contributed by atoms with Crippen molar-refractivity contribution >= 4 is 34.1 Å². The van der Waals surface area contributed by atoms with E-state index in [0.29, 0.717) is 16.3 Å². The van der Waals surface area contributed by atoms with Crippen LogP contribution in [0.1, 0.15) is 10.4 Å². The summed E-state index contributed by atoms with van der Waals surface area (Å²) in [7, 11) is 1.63. The number of carbonyl (C=O) groups excluding carboxylic acids is 1. The number of para-hydroxylation sites is 1. The molecular weight excluding hydrogens is 372 g/mol. The fraction of sp³-hybridized carbons (Fsp3) is 0.0435. The van der Waals surface area contributed by atoms with E-state index in [0.717, 1.165) is 27.9 Å². The molecule has 4 aromatic rings. The topological polar surface area (TPSA) is 51.2 Å². The standard InChI is InChI=1S/C23H17ClN2O2/c1-28-18-12-6-15(7-13-18)22-14-20(19-4-2-3-5-21(19)26-22)23(27)25-17-10-8-16(24)9-11-17/h2-14H,1H3,(H,25,27). The minimum absolute atomic E-state index is 0.198. The molecule has 0 bridgehead atoms. The number of pyridine rings is 1. The molecule has 1 heterocycles. The molecule has 0 unspecified atom stereocenters. The zero-order valence-corrected chi connectivity index (χ0v) is 15.9. The highest BCUT2D eigenvalue weighted by atomic mass is 35.5. The molecule has 0 radical (unpaired) electrons. The van der Waals surface area contributed by atoms with Gasteiger partial charge in [0.15, 0.2) is 0 Å². The largest absolute Gasteiger partial charge is 0.497 e. The fourth-order valence-electron chi connectivity index (χ4n) is 3.00. The summed E-state index contributed by atoms with van der Waals surface area (Å²) in [5, 5.41) is 4.35. The first-order valence-electron chi connectivity index (χ1n) is 8.75. The molecule has 5 heteroatoms. The summed E-state index contributed by atoms with van der Waals surface area (Å²) < 4.78 is 5.22. The number of methoxy groups -OCH3 is 1. The first-order valence-corrected chi connectivity index (χ1v) is 9.13. The van der Waals surface area contributed by atoms with E-state index in [1.54, 1.807) is 31.4 Å². The van der Waals surface area contributed by atoms with Crippen LogP contribution in [-0.4, -0.2) is 18.0 Å². The number of ether oxygens (including phenoxy) is 1. The molecule has 0 fully saturated rings. The predicted octanol–water partition coefficient (Wildman–Crippen LogP) is 5.82. The average molecular weight is 389 g/mol. The van der Waals surface area contributed by atoms with Gasteiger partial charge in [0.2, 0.25) is 0 Å². The van der Waals surface area contributed by atoms with E-state index in [9.17, 15) is 4.79 Å². The summed E-state index contributed by atoms with van der Waals surface area (Å²) in [6.07, 6.45) is 0. The van der Waals surface area contributed by atoms with Crippen molar-refractivity contribution in [1.82, 2.24) is 4.98 Å². The minimum Gasteiger partial charge on any atom is -0.497 e. The van der Waals surface area contributed by atoms with Gasteiger partial charge in [0.05, 0.1) is 23.9 Å². The maximum Gasteiger partial charge on any atom is 0.256 e. The van der Waals surface area contributed by atoms with Gasteiger partial charge in [0.1, 0.15) is 5.75 Å². The third-order valence-electron chi connectivity index (χ3n) is 4.45. The van der Waals surface area contributed by atoms with Gasteiger partial charge in [-0.25, -0.2) is 4.98 Å². The second-order valence-electron chi connectivity index (χ2n) is 6.26. The molecule has 0 spiro atoms. The Morgan fingerprint density at radius 1 is 0.964 bits per heavy atom. The Balaban J connectivity index is 1.77. The van der Waals surface area contributed by atoms with Crippen molar-refractivity contribution in [2.24, 2.45) is 0 Å². The van der Waals surface area contributed by atoms with Crippen molar-refractivity contribution in [1.29, 1.82) is 0 Å². The van der Waals surface area contributed by atoms with Gasteiger partial charge in [-0.3, -0.25) is 4.79 Å². The van der Waals surface area contributed by atoms with Crippen molar-refractivity contribution in [2.45, 2.75) is 0 Å². The lowest BCUT2D eigenvalue weighted by Gasteiger charge is -2.11. The third kappa shape index (κ3) is 3.68. The molecule has 1 N–H and O–H groups in total. The summed E-state index contributed by atoms with van der Waals surface area (Å²) in [5.41, 5.74) is 3.64. The number of rotatable bonds is 4. The summed E-state index contributed by atoms with van der Waals surface area (Å²) in [5.74, 6) is 0.570. The Morgan fingerprint density at radius 3 is 2.39 bits per heavy atom. The van der Waals surface area contributed by atoms with Crippen LogP contribution in [0.4, 0.5) is 5.69 Å². The molecular formula is C23H17ClN2O2. The van der Waals surface area contributed by atoms with Crippen LogP contribution in [-0.2, 0) is 0 Å². The molecule has 3 aromatic carbocycles. The van der Waals surface area contributed by atoms with E-state index >= 15 is 0 Å². The third-order valence-corrected chi connectivity index (χ3v) is 4.70. The van der Waals surface area contributed by atoms with Crippen molar-refractivity contribution in [3.8, 4) is 17.0 Å². The Bertz CT molecular complexity index is 1140. The lowest BCUT2D eigenvalue weighted by Crippen LogP contribution is -2.13. The highest BCUT2D eigenvalue weighted by molar-refractivity contribution is 6.30. The van der Waals surface area contributed by atoms with Crippen LogP contribution < -0.4 is 10.1 Å². The van der Waals surface area contributed by atoms with Crippen LogP contribution in [0.25, 0.3) is 22.2 Å². The number of hydrogen-bond donors (Lipinski definition) is 1. The highest BCUT2D eigenvalue weighted by Crippen LogP contribution is 2.27. The van der Waals surface area contributed by atoms with E-state index < -0.39 is 0 Å². The number of halogens is 1. The monoisotopic (exact) mass is 388 g/mol. The quantitative estimate of drug-likeness (QED) is 0.479. The number of aromatic nitrogens is 1. The lowest BCUT2D eigenvalue weighted by molar-refractivity contribution is 0.102. The smallest absolute Gasteiger partial charge is 0.256 e. The van der Waals surface area contributed by atoms with Crippen LogP contribution in [0.5, 0.6) is 5.75 Å². The van der Waals surface area contributed by atoms with E-state index in [2.05, 4.69) is 5.32 Å². The molecule has 4 nitrogen and oxygen atoms in total. The van der Waals surface area contributed by atoms with Crippen LogP contribution in [0, 0.1) is 0 Å². The number of fused-ring (bicyclic) bond motifs is 1. The van der Waals surface area contributed by atoms with E-state index in [1.807, 2.05) is 54.6 Å². The first-order chi connectivity index (χ1) is 13.6. The Kier molecular flexibility index (Phi) is 4.96. The Labute approximate surface area is 167 Å². The second-order valence-corrected chi connectivity index (χ2v) is 6.70. The van der Waals surface area contributed by atoms with E-state index in [1.165, 1.54) is 0 Å². The number of hydrogen-bond acceptors (Lipinski definition) is 3. The van der Waals surface area contributed by atoms with E-state index in [-0.39, 0.29) is 5.91 Å². The summed E-state index contributed by atoms with van der Waals surface area (Å²) >= 11 is 5.92. The minimum atomic E-state index is -0.198. The second kappa shape index (κ2) is 7.71. The van der Waals surface area contributed by atoms with Gasteiger partial charge >= 0.3 is 0 Å². The van der Waals surface area contributed by atoms with Crippen molar-refractivity contribution < 1.29 is 9.53 Å². The average Bonchev–Trinajstić information content (AvgIpc) is 2.74. The van der Waals surface area contributed by atoms with Gasteiger partial charge in [-0.1, -0.05) is 29.8 Å². The molecule has 1 aromatic heterocycles. The van der Waals surface area contributed by atoms with Gasteiger partial charge in [0.25, 0.3) is 5.91 Å².